The van der Waals surface area contributed by atoms with Crippen molar-refractivity contribution in [1.82, 2.24) is 0 Å². The lowest BCUT2D eigenvalue weighted by Crippen LogP contribution is -2.28. The molecule has 0 heterocycles. The number of unbranched alkanes of at least 4 members (excludes halogenated alkanes) is 30. The van der Waals surface area contributed by atoms with E-state index in [1.54, 1.807) is 0 Å². The van der Waals surface area contributed by atoms with Crippen molar-refractivity contribution in [2.45, 2.75) is 302 Å². The molecule has 5 heteroatoms. The van der Waals surface area contributed by atoms with Crippen molar-refractivity contribution < 1.29 is 24.2 Å². The summed E-state index contributed by atoms with van der Waals surface area (Å²) in [5.74, 6) is -0.589. The summed E-state index contributed by atoms with van der Waals surface area (Å²) in [6, 6.07) is 0. The van der Waals surface area contributed by atoms with Gasteiger partial charge in [-0.2, -0.15) is 0 Å². The molecule has 434 valence electrons. The smallest absolute Gasteiger partial charge is 0.306 e. The SMILES string of the molecule is CC/C=C\C/C=C\C/C=C\C/C=C\C/C=C\C/C=C\C/C=C\C/C=C\CCCCCCCCCCCCCCCCC(=O)OC(CO)COC(=O)CCCCCCCCCCCCC/C=C\C/C=C\CCCCCCC. The van der Waals surface area contributed by atoms with E-state index in [1.807, 2.05) is 0 Å². The van der Waals surface area contributed by atoms with Crippen LogP contribution in [-0.4, -0.2) is 36.4 Å². The van der Waals surface area contributed by atoms with Gasteiger partial charge < -0.3 is 14.6 Å². The van der Waals surface area contributed by atoms with Crippen LogP contribution in [0.2, 0.25) is 0 Å². The molecule has 0 amide bonds. The van der Waals surface area contributed by atoms with Crippen LogP contribution >= 0.6 is 0 Å². The summed E-state index contributed by atoms with van der Waals surface area (Å²) in [5, 5.41) is 9.68. The highest BCUT2D eigenvalue weighted by molar-refractivity contribution is 5.70. The van der Waals surface area contributed by atoms with E-state index in [9.17, 15) is 14.7 Å². The molecule has 5 nitrogen and oxygen atoms in total. The molecule has 0 radical (unpaired) electrons. The number of carbonyl (C=O) groups is 2. The van der Waals surface area contributed by atoms with Gasteiger partial charge in [0.25, 0.3) is 0 Å². The molecule has 1 atom stereocenters. The predicted octanol–water partition coefficient (Wildman–Crippen LogP) is 22.2. The van der Waals surface area contributed by atoms with Gasteiger partial charge in [0.15, 0.2) is 6.10 Å². The van der Waals surface area contributed by atoms with E-state index in [1.165, 1.54) is 173 Å². The molecule has 76 heavy (non-hydrogen) atoms. The number of aliphatic hydroxyl groups is 1. The molecule has 0 aromatic rings. The Kier molecular flexibility index (Phi) is 62.4. The zero-order chi connectivity index (χ0) is 54.8. The average molecular weight is 1050 g/mol. The first-order chi connectivity index (χ1) is 37.6. The summed E-state index contributed by atoms with van der Waals surface area (Å²) < 4.78 is 10.7. The lowest BCUT2D eigenvalue weighted by Gasteiger charge is -2.15. The summed E-state index contributed by atoms with van der Waals surface area (Å²) in [4.78, 5) is 24.6. The highest BCUT2D eigenvalue weighted by Crippen LogP contribution is 2.16. The third-order valence-electron chi connectivity index (χ3n) is 13.7. The van der Waals surface area contributed by atoms with Crippen LogP contribution in [0.4, 0.5) is 0 Å². The zero-order valence-corrected chi connectivity index (χ0v) is 49.7. The van der Waals surface area contributed by atoms with Gasteiger partial charge in [-0.25, -0.2) is 0 Å². The molecule has 0 aliphatic carbocycles. The Balaban J connectivity index is 3.51. The van der Waals surface area contributed by atoms with E-state index < -0.39 is 6.10 Å². The van der Waals surface area contributed by atoms with Crippen molar-refractivity contribution >= 4 is 11.9 Å². The molecule has 0 spiro atoms. The highest BCUT2D eigenvalue weighted by atomic mass is 16.6. The van der Waals surface area contributed by atoms with Crippen molar-refractivity contribution in [2.75, 3.05) is 13.2 Å². The Morgan fingerprint density at radius 1 is 0.316 bits per heavy atom. The fraction of sp³-hybridized carbons (Fsp3) is 0.690. The molecular weight excluding hydrogens is 933 g/mol. The summed E-state index contributed by atoms with van der Waals surface area (Å²) in [7, 11) is 0. The first kappa shape index (κ1) is 72.3. The molecule has 0 aliphatic heterocycles. The van der Waals surface area contributed by atoms with Crippen LogP contribution in [0, 0.1) is 0 Å². The monoisotopic (exact) mass is 1050 g/mol. The molecule has 0 saturated carbocycles. The van der Waals surface area contributed by atoms with Crippen LogP contribution in [-0.2, 0) is 19.1 Å². The molecule has 1 unspecified atom stereocenters. The van der Waals surface area contributed by atoms with Crippen molar-refractivity contribution in [1.29, 1.82) is 0 Å². The first-order valence-electron chi connectivity index (χ1n) is 32.1. The summed E-state index contributed by atoms with van der Waals surface area (Å²) in [6.07, 6.45) is 96.2. The number of esters is 2. The van der Waals surface area contributed by atoms with Crippen molar-refractivity contribution in [3.05, 3.63) is 122 Å². The van der Waals surface area contributed by atoms with Crippen molar-refractivity contribution in [3.63, 3.8) is 0 Å². The molecule has 0 aromatic carbocycles. The fourth-order valence-corrected chi connectivity index (χ4v) is 8.96. The third kappa shape index (κ3) is 62.8. The van der Waals surface area contributed by atoms with Gasteiger partial charge in [-0.3, -0.25) is 9.59 Å². The van der Waals surface area contributed by atoms with E-state index in [0.717, 1.165) is 96.3 Å². The van der Waals surface area contributed by atoms with Gasteiger partial charge in [0.2, 0.25) is 0 Å². The molecular formula is C71H120O5. The lowest BCUT2D eigenvalue weighted by molar-refractivity contribution is -0.161. The van der Waals surface area contributed by atoms with Gasteiger partial charge in [0.05, 0.1) is 6.61 Å². The minimum absolute atomic E-state index is 0.0701. The highest BCUT2D eigenvalue weighted by Gasteiger charge is 2.16. The second kappa shape index (κ2) is 65.6. The average Bonchev–Trinajstić information content (AvgIpc) is 3.42. The molecule has 0 fully saturated rings. The number of ether oxygens (including phenoxy) is 2. The van der Waals surface area contributed by atoms with E-state index in [2.05, 4.69) is 135 Å². The number of rotatable bonds is 58. The maximum absolute atomic E-state index is 12.3. The van der Waals surface area contributed by atoms with Gasteiger partial charge in [0, 0.05) is 12.8 Å². The number of aliphatic hydroxyl groups excluding tert-OH is 1. The quantitative estimate of drug-likeness (QED) is 0.0373. The van der Waals surface area contributed by atoms with Crippen LogP contribution in [0.5, 0.6) is 0 Å². The fourth-order valence-electron chi connectivity index (χ4n) is 8.96. The number of hydrogen-bond acceptors (Lipinski definition) is 5. The summed E-state index contributed by atoms with van der Waals surface area (Å²) in [6.45, 7) is 4.03. The minimum atomic E-state index is -0.780. The largest absolute Gasteiger partial charge is 0.462 e. The standard InChI is InChI=1S/C71H120O5/c1-3-5-7-9-11-13-15-17-19-21-23-25-27-28-29-30-31-32-33-34-35-36-37-38-39-40-41-42-44-46-48-50-52-54-56-58-60-62-64-66-71(74)76-69(67-72)68-75-70(73)65-63-61-59-57-55-53-51-49-47-45-43-26-24-22-20-18-16-14-12-10-8-6-4-2/h5,7,11,13,16-19,22-25,28-29,31-32,34-35,37-38,69,72H,3-4,6,8-10,12,14-15,20-21,26-27,30,33,36,39-68H2,1-2H3/b7-5-,13-11-,18-16-,19-17-,24-22-,25-23-,29-28-,32-31-,35-34-,38-37-. The molecule has 0 aliphatic rings. The van der Waals surface area contributed by atoms with Crippen molar-refractivity contribution in [2.24, 2.45) is 0 Å². The van der Waals surface area contributed by atoms with Crippen LogP contribution in [0.3, 0.4) is 0 Å². The molecule has 0 rings (SSSR count). The topological polar surface area (TPSA) is 72.8 Å². The number of carbonyl (C=O) groups excluding carboxylic acids is 2. The summed E-state index contributed by atoms with van der Waals surface area (Å²) in [5.41, 5.74) is 0. The molecule has 0 bridgehead atoms. The van der Waals surface area contributed by atoms with Crippen molar-refractivity contribution in [3.8, 4) is 0 Å². The van der Waals surface area contributed by atoms with Gasteiger partial charge in [0.1, 0.15) is 6.61 Å². The first-order valence-corrected chi connectivity index (χ1v) is 32.1. The summed E-state index contributed by atoms with van der Waals surface area (Å²) >= 11 is 0. The van der Waals surface area contributed by atoms with Crippen LogP contribution < -0.4 is 0 Å². The Labute approximate surface area is 471 Å². The lowest BCUT2D eigenvalue weighted by atomic mass is 10.0. The van der Waals surface area contributed by atoms with E-state index in [4.69, 9.17) is 9.47 Å². The Hall–Kier alpha value is -3.70. The van der Waals surface area contributed by atoms with Crippen LogP contribution in [0.25, 0.3) is 0 Å². The molecule has 0 saturated heterocycles. The second-order valence-corrected chi connectivity index (χ2v) is 21.1. The Morgan fingerprint density at radius 3 is 0.855 bits per heavy atom. The van der Waals surface area contributed by atoms with E-state index in [0.29, 0.717) is 12.8 Å². The zero-order valence-electron chi connectivity index (χ0n) is 49.7. The minimum Gasteiger partial charge on any atom is -0.462 e. The van der Waals surface area contributed by atoms with E-state index in [-0.39, 0.29) is 25.2 Å². The molecule has 1 N–H and O–H groups in total. The normalized spacial score (nSPS) is 13.0. The van der Waals surface area contributed by atoms with Gasteiger partial charge >= 0.3 is 11.9 Å². The molecule has 0 aromatic heterocycles. The second-order valence-electron chi connectivity index (χ2n) is 21.1. The number of allylic oxidation sites excluding steroid dienone is 20. The Morgan fingerprint density at radius 2 is 0.566 bits per heavy atom. The maximum atomic E-state index is 12.3. The van der Waals surface area contributed by atoms with Gasteiger partial charge in [-0.15, -0.1) is 0 Å². The van der Waals surface area contributed by atoms with E-state index >= 15 is 0 Å². The van der Waals surface area contributed by atoms with Gasteiger partial charge in [-0.05, 0) is 109 Å². The Bertz CT molecular complexity index is 1520. The third-order valence-corrected chi connectivity index (χ3v) is 13.7. The van der Waals surface area contributed by atoms with Gasteiger partial charge in [-0.1, -0.05) is 296 Å². The number of hydrogen-bond donors (Lipinski definition) is 1. The van der Waals surface area contributed by atoms with Crippen LogP contribution in [0.1, 0.15) is 296 Å². The predicted molar refractivity (Wildman–Crippen MR) is 334 cm³/mol. The maximum Gasteiger partial charge on any atom is 0.306 e. The van der Waals surface area contributed by atoms with Crippen LogP contribution in [0.15, 0.2) is 122 Å².